The number of amides is 2. The summed E-state index contributed by atoms with van der Waals surface area (Å²) in [5.74, 6) is 1.04. The van der Waals surface area contributed by atoms with Gasteiger partial charge in [-0.05, 0) is 31.4 Å². The molecule has 0 bridgehead atoms. The lowest BCUT2D eigenvalue weighted by Gasteiger charge is -2.15. The third-order valence-electron chi connectivity index (χ3n) is 3.47. The van der Waals surface area contributed by atoms with Crippen molar-refractivity contribution in [3.05, 3.63) is 0 Å². The first-order valence-corrected chi connectivity index (χ1v) is 6.35. The largest absolute Gasteiger partial charge is 0.282 e. The fourth-order valence-corrected chi connectivity index (χ4v) is 2.89. The van der Waals surface area contributed by atoms with Gasteiger partial charge in [0.1, 0.15) is 0 Å². The molecule has 1 aliphatic carbocycles. The van der Waals surface area contributed by atoms with Gasteiger partial charge in [-0.15, -0.1) is 0 Å². The quantitative estimate of drug-likeness (QED) is 0.449. The molecule has 1 saturated carbocycles. The summed E-state index contributed by atoms with van der Waals surface area (Å²) < 4.78 is 0. The molecule has 1 saturated heterocycles. The Balaban J connectivity index is 1.95. The number of hydrogen-bond acceptors (Lipinski definition) is 3. The molecule has 1 aliphatic heterocycles. The molecule has 0 radical (unpaired) electrons. The van der Waals surface area contributed by atoms with Crippen molar-refractivity contribution < 1.29 is 9.59 Å². The number of rotatable bonds is 4. The van der Waals surface area contributed by atoms with E-state index < -0.39 is 0 Å². The van der Waals surface area contributed by atoms with Gasteiger partial charge in [0, 0.05) is 6.54 Å². The van der Waals surface area contributed by atoms with E-state index in [1.54, 1.807) is 0 Å². The lowest BCUT2D eigenvalue weighted by molar-refractivity contribution is -0.140. The maximum absolute atomic E-state index is 11.9. The molecule has 0 N–H and O–H groups in total. The minimum absolute atomic E-state index is 0.0218. The van der Waals surface area contributed by atoms with Crippen LogP contribution in [0.1, 0.15) is 32.1 Å². The van der Waals surface area contributed by atoms with Crippen LogP contribution in [-0.4, -0.2) is 29.0 Å². The molecule has 4 heteroatoms. The molecule has 2 amide bonds. The molecule has 2 unspecified atom stereocenters. The van der Waals surface area contributed by atoms with Crippen LogP contribution in [0.3, 0.4) is 0 Å². The van der Waals surface area contributed by atoms with Crippen molar-refractivity contribution in [2.45, 2.75) is 32.1 Å². The van der Waals surface area contributed by atoms with Gasteiger partial charge in [0.2, 0.25) is 11.8 Å². The van der Waals surface area contributed by atoms with E-state index in [-0.39, 0.29) is 23.7 Å². The molecule has 2 fully saturated rings. The predicted molar refractivity (Wildman–Crippen MR) is 60.6 cm³/mol. The third kappa shape index (κ3) is 1.92. The molecule has 0 aromatic heterocycles. The minimum Gasteiger partial charge on any atom is -0.282 e. The second-order valence-electron chi connectivity index (χ2n) is 4.40. The van der Waals surface area contributed by atoms with Crippen LogP contribution in [0, 0.1) is 11.8 Å². The van der Waals surface area contributed by atoms with Crippen LogP contribution in [0.5, 0.6) is 0 Å². The summed E-state index contributed by atoms with van der Waals surface area (Å²) >= 11 is 4.12. The van der Waals surface area contributed by atoms with Gasteiger partial charge in [-0.1, -0.05) is 6.42 Å². The SMILES string of the molecule is O=C1C2CCCC2C(=O)N1CCCCS. The highest BCUT2D eigenvalue weighted by Gasteiger charge is 2.49. The Labute approximate surface area is 95.6 Å². The van der Waals surface area contributed by atoms with E-state index in [2.05, 4.69) is 12.6 Å². The van der Waals surface area contributed by atoms with Crippen LogP contribution in [0.15, 0.2) is 0 Å². The molecule has 0 spiro atoms. The van der Waals surface area contributed by atoms with Crippen molar-refractivity contribution in [3.8, 4) is 0 Å². The van der Waals surface area contributed by atoms with Crippen molar-refractivity contribution in [3.63, 3.8) is 0 Å². The van der Waals surface area contributed by atoms with E-state index in [1.165, 1.54) is 4.90 Å². The highest BCUT2D eigenvalue weighted by Crippen LogP contribution is 2.39. The topological polar surface area (TPSA) is 37.4 Å². The molecule has 2 rings (SSSR count). The summed E-state index contributed by atoms with van der Waals surface area (Å²) in [4.78, 5) is 25.2. The molecule has 1 heterocycles. The van der Waals surface area contributed by atoms with Crippen molar-refractivity contribution in [2.24, 2.45) is 11.8 Å². The standard InChI is InChI=1S/C11H17NO2S/c13-10-8-4-3-5-9(8)11(14)12(10)6-1-2-7-15/h8-9,15H,1-7H2. The second-order valence-corrected chi connectivity index (χ2v) is 4.85. The van der Waals surface area contributed by atoms with Crippen LogP contribution in [0.4, 0.5) is 0 Å². The van der Waals surface area contributed by atoms with Gasteiger partial charge in [-0.2, -0.15) is 12.6 Å². The van der Waals surface area contributed by atoms with E-state index >= 15 is 0 Å². The summed E-state index contributed by atoms with van der Waals surface area (Å²) in [6.45, 7) is 0.602. The zero-order chi connectivity index (χ0) is 10.8. The molecule has 84 valence electrons. The molecule has 15 heavy (non-hydrogen) atoms. The highest BCUT2D eigenvalue weighted by molar-refractivity contribution is 7.80. The Kier molecular flexibility index (Phi) is 3.34. The number of carbonyl (C=O) groups excluding carboxylic acids is 2. The zero-order valence-corrected chi connectivity index (χ0v) is 9.71. The Hall–Kier alpha value is -0.510. The average molecular weight is 227 g/mol. The summed E-state index contributed by atoms with van der Waals surface area (Å²) in [5.41, 5.74) is 0. The van der Waals surface area contributed by atoms with Gasteiger partial charge in [0.05, 0.1) is 11.8 Å². The first-order chi connectivity index (χ1) is 7.25. The number of nitrogens with zero attached hydrogens (tertiary/aromatic N) is 1. The van der Waals surface area contributed by atoms with Crippen molar-refractivity contribution in [2.75, 3.05) is 12.3 Å². The number of unbranched alkanes of at least 4 members (excludes halogenated alkanes) is 1. The molecule has 0 aromatic rings. The second kappa shape index (κ2) is 4.56. The normalized spacial score (nSPS) is 30.1. The van der Waals surface area contributed by atoms with E-state index in [4.69, 9.17) is 0 Å². The van der Waals surface area contributed by atoms with E-state index in [0.29, 0.717) is 6.54 Å². The maximum Gasteiger partial charge on any atom is 0.233 e. The van der Waals surface area contributed by atoms with Gasteiger partial charge in [-0.25, -0.2) is 0 Å². The number of carbonyl (C=O) groups is 2. The summed E-state index contributed by atoms with van der Waals surface area (Å²) in [6.07, 6.45) is 4.73. The van der Waals surface area contributed by atoms with Gasteiger partial charge < -0.3 is 0 Å². The molecule has 2 aliphatic rings. The summed E-state index contributed by atoms with van der Waals surface area (Å²) in [6, 6.07) is 0. The highest BCUT2D eigenvalue weighted by atomic mass is 32.1. The van der Waals surface area contributed by atoms with Crippen LogP contribution in [0.25, 0.3) is 0 Å². The monoisotopic (exact) mass is 227 g/mol. The molecular formula is C11H17NO2S. The number of hydrogen-bond donors (Lipinski definition) is 1. The third-order valence-corrected chi connectivity index (χ3v) is 3.79. The summed E-state index contributed by atoms with van der Waals surface area (Å²) in [7, 11) is 0. The number of likely N-dealkylation sites (tertiary alicyclic amines) is 1. The first-order valence-electron chi connectivity index (χ1n) is 5.72. The van der Waals surface area contributed by atoms with E-state index in [9.17, 15) is 9.59 Å². The lowest BCUT2D eigenvalue weighted by Crippen LogP contribution is -2.32. The van der Waals surface area contributed by atoms with Crippen LogP contribution >= 0.6 is 12.6 Å². The summed E-state index contributed by atoms with van der Waals surface area (Å²) in [5, 5.41) is 0. The van der Waals surface area contributed by atoms with Gasteiger partial charge in [0.15, 0.2) is 0 Å². The van der Waals surface area contributed by atoms with Crippen LogP contribution in [-0.2, 0) is 9.59 Å². The number of imide groups is 1. The Morgan fingerprint density at radius 1 is 1.13 bits per heavy atom. The maximum atomic E-state index is 11.9. The molecule has 2 atom stereocenters. The molecule has 0 aromatic carbocycles. The average Bonchev–Trinajstić information content (AvgIpc) is 2.77. The van der Waals surface area contributed by atoms with Crippen molar-refractivity contribution in [1.82, 2.24) is 4.90 Å². The first kappa shape index (κ1) is 11.0. The zero-order valence-electron chi connectivity index (χ0n) is 8.82. The predicted octanol–water partition coefficient (Wildman–Crippen LogP) is 1.48. The Bertz CT molecular complexity index is 258. The fourth-order valence-electron chi connectivity index (χ4n) is 2.66. The number of thiol groups is 1. The van der Waals surface area contributed by atoms with Crippen LogP contribution < -0.4 is 0 Å². The molecular weight excluding hydrogens is 210 g/mol. The Morgan fingerprint density at radius 2 is 1.73 bits per heavy atom. The van der Waals surface area contributed by atoms with Gasteiger partial charge in [0.25, 0.3) is 0 Å². The van der Waals surface area contributed by atoms with Gasteiger partial charge in [-0.3, -0.25) is 14.5 Å². The van der Waals surface area contributed by atoms with Crippen molar-refractivity contribution in [1.29, 1.82) is 0 Å². The van der Waals surface area contributed by atoms with Crippen LogP contribution in [0.2, 0.25) is 0 Å². The van der Waals surface area contributed by atoms with Crippen molar-refractivity contribution >= 4 is 24.4 Å². The smallest absolute Gasteiger partial charge is 0.233 e. The molecule has 3 nitrogen and oxygen atoms in total. The lowest BCUT2D eigenvalue weighted by atomic mass is 10.00. The Morgan fingerprint density at radius 3 is 2.27 bits per heavy atom. The van der Waals surface area contributed by atoms with E-state index in [0.717, 1.165) is 37.9 Å². The minimum atomic E-state index is 0.0218. The van der Waals surface area contributed by atoms with E-state index in [1.807, 2.05) is 0 Å². The van der Waals surface area contributed by atoms with Gasteiger partial charge >= 0.3 is 0 Å². The number of fused-ring (bicyclic) bond motifs is 1. The fraction of sp³-hybridized carbons (Fsp3) is 0.818.